The van der Waals surface area contributed by atoms with Gasteiger partial charge in [0, 0.05) is 22.0 Å². The van der Waals surface area contributed by atoms with Crippen LogP contribution in [0.15, 0.2) is 51.4 Å². The second kappa shape index (κ2) is 5.93. The number of halogens is 2. The van der Waals surface area contributed by atoms with Gasteiger partial charge in [-0.15, -0.1) is 0 Å². The van der Waals surface area contributed by atoms with Crippen molar-refractivity contribution >= 4 is 32.8 Å². The molecule has 1 N–H and O–H groups in total. The van der Waals surface area contributed by atoms with Gasteiger partial charge < -0.3 is 9.73 Å². The molecule has 1 amide bonds. The first-order valence-electron chi connectivity index (χ1n) is 6.76. The zero-order valence-electron chi connectivity index (χ0n) is 11.8. The standard InChI is InChI=1S/C17H13BrFNO2/c1-10-14-8-12(18)4-7-15(14)22-16(10)17(21)20-9-11-2-5-13(19)6-3-11/h2-8H,9H2,1H3,(H,20,21). The molecule has 1 heterocycles. The number of nitrogens with one attached hydrogen (secondary N) is 1. The van der Waals surface area contributed by atoms with Crippen molar-refractivity contribution in [1.82, 2.24) is 5.32 Å². The Labute approximate surface area is 135 Å². The Morgan fingerprint density at radius 2 is 1.95 bits per heavy atom. The number of furan rings is 1. The zero-order chi connectivity index (χ0) is 15.7. The maximum Gasteiger partial charge on any atom is 0.287 e. The summed E-state index contributed by atoms with van der Waals surface area (Å²) in [5.41, 5.74) is 2.30. The second-order valence-electron chi connectivity index (χ2n) is 5.01. The molecule has 3 aromatic rings. The number of carbonyl (C=O) groups excluding carboxylic acids is 1. The molecular formula is C17H13BrFNO2. The van der Waals surface area contributed by atoms with Crippen molar-refractivity contribution < 1.29 is 13.6 Å². The van der Waals surface area contributed by atoms with Gasteiger partial charge in [-0.1, -0.05) is 28.1 Å². The first kappa shape index (κ1) is 14.8. The number of benzene rings is 2. The molecule has 0 saturated heterocycles. The van der Waals surface area contributed by atoms with E-state index in [1.807, 2.05) is 25.1 Å². The predicted octanol–water partition coefficient (Wildman–Crippen LogP) is 4.57. The van der Waals surface area contributed by atoms with Crippen molar-refractivity contribution in [3.63, 3.8) is 0 Å². The molecule has 2 aromatic carbocycles. The third kappa shape index (κ3) is 2.90. The lowest BCUT2D eigenvalue weighted by molar-refractivity contribution is 0.0924. The van der Waals surface area contributed by atoms with E-state index in [1.165, 1.54) is 12.1 Å². The molecule has 0 bridgehead atoms. The van der Waals surface area contributed by atoms with Crippen LogP contribution in [0.25, 0.3) is 11.0 Å². The van der Waals surface area contributed by atoms with Crippen LogP contribution in [0.3, 0.4) is 0 Å². The third-order valence-corrected chi connectivity index (χ3v) is 3.96. The third-order valence-electron chi connectivity index (χ3n) is 3.47. The lowest BCUT2D eigenvalue weighted by Crippen LogP contribution is -2.22. The Morgan fingerprint density at radius 1 is 1.23 bits per heavy atom. The number of hydrogen-bond acceptors (Lipinski definition) is 2. The average Bonchev–Trinajstić information content (AvgIpc) is 2.83. The van der Waals surface area contributed by atoms with E-state index in [0.29, 0.717) is 17.9 Å². The van der Waals surface area contributed by atoms with Crippen LogP contribution in [0.5, 0.6) is 0 Å². The molecule has 0 saturated carbocycles. The number of carbonyl (C=O) groups is 1. The highest BCUT2D eigenvalue weighted by atomic mass is 79.9. The summed E-state index contributed by atoms with van der Waals surface area (Å²) >= 11 is 3.41. The van der Waals surface area contributed by atoms with Crippen molar-refractivity contribution in [2.45, 2.75) is 13.5 Å². The van der Waals surface area contributed by atoms with Crippen molar-refractivity contribution in [3.05, 3.63) is 69.6 Å². The quantitative estimate of drug-likeness (QED) is 0.742. The minimum Gasteiger partial charge on any atom is -0.451 e. The van der Waals surface area contributed by atoms with Crippen LogP contribution in [0.4, 0.5) is 4.39 Å². The molecule has 22 heavy (non-hydrogen) atoms. The van der Waals surface area contributed by atoms with E-state index in [9.17, 15) is 9.18 Å². The predicted molar refractivity (Wildman–Crippen MR) is 86.2 cm³/mol. The van der Waals surface area contributed by atoms with Crippen molar-refractivity contribution in [1.29, 1.82) is 0 Å². The Balaban J connectivity index is 1.80. The van der Waals surface area contributed by atoms with Gasteiger partial charge in [0.15, 0.2) is 5.76 Å². The highest BCUT2D eigenvalue weighted by Gasteiger charge is 2.17. The van der Waals surface area contributed by atoms with Crippen molar-refractivity contribution in [2.24, 2.45) is 0 Å². The van der Waals surface area contributed by atoms with Gasteiger partial charge in [-0.2, -0.15) is 0 Å². The van der Waals surface area contributed by atoms with E-state index in [1.54, 1.807) is 12.1 Å². The van der Waals surface area contributed by atoms with Gasteiger partial charge >= 0.3 is 0 Å². The topological polar surface area (TPSA) is 42.2 Å². The lowest BCUT2D eigenvalue weighted by atomic mass is 10.1. The van der Waals surface area contributed by atoms with E-state index in [2.05, 4.69) is 21.2 Å². The SMILES string of the molecule is Cc1c(C(=O)NCc2ccc(F)cc2)oc2ccc(Br)cc12. The van der Waals surface area contributed by atoms with E-state index >= 15 is 0 Å². The van der Waals surface area contributed by atoms with Crippen LogP contribution in [0.1, 0.15) is 21.7 Å². The summed E-state index contributed by atoms with van der Waals surface area (Å²) in [6.45, 7) is 2.17. The fourth-order valence-corrected chi connectivity index (χ4v) is 2.64. The molecule has 112 valence electrons. The molecule has 0 atom stereocenters. The number of rotatable bonds is 3. The number of fused-ring (bicyclic) bond motifs is 1. The first-order chi connectivity index (χ1) is 10.5. The van der Waals surface area contributed by atoms with E-state index in [0.717, 1.165) is 21.0 Å². The Bertz CT molecular complexity index is 840. The molecule has 1 aromatic heterocycles. The normalized spacial score (nSPS) is 10.9. The molecule has 0 spiro atoms. The highest BCUT2D eigenvalue weighted by molar-refractivity contribution is 9.10. The molecule has 0 aliphatic heterocycles. The molecule has 0 aliphatic carbocycles. The van der Waals surface area contributed by atoms with Crippen LogP contribution in [0, 0.1) is 12.7 Å². The highest BCUT2D eigenvalue weighted by Crippen LogP contribution is 2.28. The van der Waals surface area contributed by atoms with E-state index in [-0.39, 0.29) is 11.7 Å². The minimum absolute atomic E-state index is 0.283. The summed E-state index contributed by atoms with van der Waals surface area (Å²) in [6.07, 6.45) is 0. The Kier molecular flexibility index (Phi) is 3.98. The van der Waals surface area contributed by atoms with Gasteiger partial charge in [0.25, 0.3) is 5.91 Å². The van der Waals surface area contributed by atoms with Crippen LogP contribution < -0.4 is 5.32 Å². The maximum atomic E-state index is 12.8. The van der Waals surface area contributed by atoms with Gasteiger partial charge in [-0.05, 0) is 42.8 Å². The molecule has 3 rings (SSSR count). The monoisotopic (exact) mass is 361 g/mol. The van der Waals surface area contributed by atoms with Crippen LogP contribution >= 0.6 is 15.9 Å². The summed E-state index contributed by atoms with van der Waals surface area (Å²) < 4.78 is 19.4. The fraction of sp³-hybridized carbons (Fsp3) is 0.118. The largest absolute Gasteiger partial charge is 0.451 e. The smallest absolute Gasteiger partial charge is 0.287 e. The average molecular weight is 362 g/mol. The van der Waals surface area contributed by atoms with Gasteiger partial charge in [0.2, 0.25) is 0 Å². The molecule has 0 radical (unpaired) electrons. The molecule has 5 heteroatoms. The molecule has 3 nitrogen and oxygen atoms in total. The van der Waals surface area contributed by atoms with Gasteiger partial charge in [-0.25, -0.2) is 4.39 Å². The Morgan fingerprint density at radius 3 is 2.68 bits per heavy atom. The number of hydrogen-bond donors (Lipinski definition) is 1. The molecular weight excluding hydrogens is 349 g/mol. The van der Waals surface area contributed by atoms with Crippen LogP contribution in [-0.2, 0) is 6.54 Å². The zero-order valence-corrected chi connectivity index (χ0v) is 13.4. The fourth-order valence-electron chi connectivity index (χ4n) is 2.27. The summed E-state index contributed by atoms with van der Waals surface area (Å²) in [7, 11) is 0. The van der Waals surface area contributed by atoms with Crippen LogP contribution in [0.2, 0.25) is 0 Å². The summed E-state index contributed by atoms with van der Waals surface area (Å²) in [5.74, 6) is -0.279. The van der Waals surface area contributed by atoms with Crippen LogP contribution in [-0.4, -0.2) is 5.91 Å². The van der Waals surface area contributed by atoms with E-state index < -0.39 is 0 Å². The lowest BCUT2D eigenvalue weighted by Gasteiger charge is -2.04. The maximum absolute atomic E-state index is 12.8. The molecule has 0 fully saturated rings. The molecule has 0 unspecified atom stereocenters. The summed E-state index contributed by atoms with van der Waals surface area (Å²) in [4.78, 5) is 12.3. The van der Waals surface area contributed by atoms with Crippen molar-refractivity contribution in [3.8, 4) is 0 Å². The summed E-state index contributed by atoms with van der Waals surface area (Å²) in [5, 5.41) is 3.69. The molecule has 0 aliphatic rings. The Hall–Kier alpha value is -2.14. The first-order valence-corrected chi connectivity index (χ1v) is 7.55. The summed E-state index contributed by atoms with van der Waals surface area (Å²) in [6, 6.07) is 11.6. The van der Waals surface area contributed by atoms with Gasteiger partial charge in [-0.3, -0.25) is 4.79 Å². The number of aryl methyl sites for hydroxylation is 1. The van der Waals surface area contributed by atoms with Gasteiger partial charge in [0.05, 0.1) is 0 Å². The van der Waals surface area contributed by atoms with Crippen molar-refractivity contribution in [2.75, 3.05) is 0 Å². The number of amides is 1. The minimum atomic E-state index is -0.297. The van der Waals surface area contributed by atoms with Gasteiger partial charge in [0.1, 0.15) is 11.4 Å². The van der Waals surface area contributed by atoms with E-state index in [4.69, 9.17) is 4.42 Å². The second-order valence-corrected chi connectivity index (χ2v) is 5.92.